The van der Waals surface area contributed by atoms with Crippen LogP contribution < -0.4 is 5.43 Å². The van der Waals surface area contributed by atoms with E-state index in [0.717, 1.165) is 22.7 Å². The summed E-state index contributed by atoms with van der Waals surface area (Å²) in [5.74, 6) is -0.960. The Morgan fingerprint density at radius 1 is 1.38 bits per heavy atom. The fourth-order valence-corrected chi connectivity index (χ4v) is 2.22. The molecule has 21 heavy (non-hydrogen) atoms. The van der Waals surface area contributed by atoms with Crippen LogP contribution in [0.5, 0.6) is 0 Å². The molecule has 0 radical (unpaired) electrons. The number of nitrogens with one attached hydrogen (secondary N) is 1. The minimum Gasteiger partial charge on any atom is -0.478 e. The predicted molar refractivity (Wildman–Crippen MR) is 81.9 cm³/mol. The van der Waals surface area contributed by atoms with Crippen LogP contribution in [0, 0.1) is 13.8 Å². The molecule has 0 bridgehead atoms. The summed E-state index contributed by atoms with van der Waals surface area (Å²) in [6.07, 6.45) is 0. The topological polar surface area (TPSA) is 79.5 Å². The molecular formula is C15H18N4O2. The van der Waals surface area contributed by atoms with Crippen molar-refractivity contribution in [1.29, 1.82) is 0 Å². The molecule has 0 atom stereocenters. The molecular weight excluding hydrogens is 268 g/mol. The fraction of sp³-hybridized carbons (Fsp3) is 0.267. The number of benzene rings is 1. The Labute approximate surface area is 123 Å². The van der Waals surface area contributed by atoms with Crippen LogP contribution in [0.25, 0.3) is 0 Å². The van der Waals surface area contributed by atoms with Gasteiger partial charge in [-0.05, 0) is 39.0 Å². The van der Waals surface area contributed by atoms with Crippen molar-refractivity contribution in [2.24, 2.45) is 12.1 Å². The zero-order chi connectivity index (χ0) is 15.6. The molecule has 1 aromatic heterocycles. The van der Waals surface area contributed by atoms with E-state index in [1.54, 1.807) is 24.3 Å². The van der Waals surface area contributed by atoms with Crippen LogP contribution in [0.1, 0.15) is 34.2 Å². The lowest BCUT2D eigenvalue weighted by Gasteiger charge is -2.05. The second-order valence-corrected chi connectivity index (χ2v) is 4.86. The normalized spacial score (nSPS) is 11.5. The largest absolute Gasteiger partial charge is 0.478 e. The predicted octanol–water partition coefficient (Wildman–Crippen LogP) is 2.57. The molecule has 2 N–H and O–H groups in total. The van der Waals surface area contributed by atoms with Crippen LogP contribution in [-0.2, 0) is 7.05 Å². The molecule has 0 spiro atoms. The number of anilines is 1. The zero-order valence-corrected chi connectivity index (χ0v) is 12.5. The van der Waals surface area contributed by atoms with E-state index in [1.807, 2.05) is 32.5 Å². The maximum Gasteiger partial charge on any atom is 0.335 e. The minimum atomic E-state index is -0.960. The average Bonchev–Trinajstić information content (AvgIpc) is 2.70. The van der Waals surface area contributed by atoms with Gasteiger partial charge in [-0.2, -0.15) is 10.2 Å². The van der Waals surface area contributed by atoms with Gasteiger partial charge in [-0.1, -0.05) is 6.07 Å². The summed E-state index contributed by atoms with van der Waals surface area (Å²) in [6.45, 7) is 5.82. The van der Waals surface area contributed by atoms with Crippen LogP contribution in [0.3, 0.4) is 0 Å². The van der Waals surface area contributed by atoms with Gasteiger partial charge in [-0.15, -0.1) is 0 Å². The highest BCUT2D eigenvalue weighted by Crippen LogP contribution is 2.15. The lowest BCUT2D eigenvalue weighted by molar-refractivity contribution is 0.0697. The summed E-state index contributed by atoms with van der Waals surface area (Å²) in [6, 6.07) is 6.53. The van der Waals surface area contributed by atoms with Gasteiger partial charge in [-0.25, -0.2) is 4.79 Å². The van der Waals surface area contributed by atoms with E-state index in [0.29, 0.717) is 5.69 Å². The first-order valence-electron chi connectivity index (χ1n) is 6.54. The molecule has 0 aliphatic heterocycles. The zero-order valence-electron chi connectivity index (χ0n) is 12.5. The number of hydrogen-bond donors (Lipinski definition) is 2. The average molecular weight is 286 g/mol. The van der Waals surface area contributed by atoms with Crippen molar-refractivity contribution < 1.29 is 9.90 Å². The summed E-state index contributed by atoms with van der Waals surface area (Å²) in [4.78, 5) is 10.9. The SMILES string of the molecule is C/C(=N/Nc1cccc(C(=O)O)c1)c1c(C)nn(C)c1C. The van der Waals surface area contributed by atoms with Crippen LogP contribution in [-0.4, -0.2) is 26.6 Å². The quantitative estimate of drug-likeness (QED) is 0.668. The van der Waals surface area contributed by atoms with E-state index in [2.05, 4.69) is 15.6 Å². The maximum atomic E-state index is 10.9. The van der Waals surface area contributed by atoms with Gasteiger partial charge in [0.25, 0.3) is 0 Å². The van der Waals surface area contributed by atoms with Crippen molar-refractivity contribution in [3.8, 4) is 0 Å². The smallest absolute Gasteiger partial charge is 0.335 e. The molecule has 2 rings (SSSR count). The number of aromatic nitrogens is 2. The summed E-state index contributed by atoms with van der Waals surface area (Å²) < 4.78 is 1.81. The van der Waals surface area contributed by atoms with Gasteiger partial charge in [-0.3, -0.25) is 10.1 Å². The molecule has 0 saturated carbocycles. The number of hydrazone groups is 1. The van der Waals surface area contributed by atoms with Crippen molar-refractivity contribution in [3.63, 3.8) is 0 Å². The van der Waals surface area contributed by atoms with Gasteiger partial charge in [0.1, 0.15) is 0 Å². The van der Waals surface area contributed by atoms with Gasteiger partial charge >= 0.3 is 5.97 Å². The molecule has 6 heteroatoms. The summed E-state index contributed by atoms with van der Waals surface area (Å²) in [5.41, 5.74) is 7.50. The molecule has 0 aliphatic rings. The number of hydrogen-bond acceptors (Lipinski definition) is 4. The van der Waals surface area contributed by atoms with E-state index in [1.165, 1.54) is 0 Å². The molecule has 1 heterocycles. The van der Waals surface area contributed by atoms with Crippen LogP contribution >= 0.6 is 0 Å². The Bertz CT molecular complexity index is 716. The number of carboxylic acids is 1. The van der Waals surface area contributed by atoms with Crippen LogP contribution in [0.4, 0.5) is 5.69 Å². The third kappa shape index (κ3) is 3.10. The fourth-order valence-electron chi connectivity index (χ4n) is 2.22. The van der Waals surface area contributed by atoms with Crippen molar-refractivity contribution in [3.05, 3.63) is 46.8 Å². The number of carboxylic acid groups (broad SMARTS) is 1. The molecule has 0 fully saturated rings. The Hall–Kier alpha value is -2.63. The van der Waals surface area contributed by atoms with E-state index >= 15 is 0 Å². The van der Waals surface area contributed by atoms with Crippen molar-refractivity contribution in [2.45, 2.75) is 20.8 Å². The Kier molecular flexibility index (Phi) is 4.07. The van der Waals surface area contributed by atoms with Gasteiger partial charge in [0, 0.05) is 18.3 Å². The third-order valence-corrected chi connectivity index (χ3v) is 3.33. The minimum absolute atomic E-state index is 0.224. The molecule has 2 aromatic rings. The first-order valence-corrected chi connectivity index (χ1v) is 6.54. The summed E-state index contributed by atoms with van der Waals surface area (Å²) in [5, 5.41) is 17.6. The standard InChI is InChI=1S/C15H18N4O2/c1-9(14-10(2)18-19(4)11(14)3)16-17-13-7-5-6-12(8-13)15(20)21/h5-8,17H,1-4H3,(H,20,21)/b16-9-. The van der Waals surface area contributed by atoms with Crippen LogP contribution in [0.2, 0.25) is 0 Å². The number of rotatable bonds is 4. The molecule has 110 valence electrons. The highest BCUT2D eigenvalue weighted by molar-refractivity contribution is 6.01. The second kappa shape index (κ2) is 5.78. The lowest BCUT2D eigenvalue weighted by atomic mass is 10.1. The van der Waals surface area contributed by atoms with Crippen molar-refractivity contribution in [2.75, 3.05) is 5.43 Å². The molecule has 0 unspecified atom stereocenters. The second-order valence-electron chi connectivity index (χ2n) is 4.86. The Morgan fingerprint density at radius 2 is 2.10 bits per heavy atom. The summed E-state index contributed by atoms with van der Waals surface area (Å²) >= 11 is 0. The summed E-state index contributed by atoms with van der Waals surface area (Å²) in [7, 11) is 1.89. The third-order valence-electron chi connectivity index (χ3n) is 3.33. The van der Waals surface area contributed by atoms with Crippen molar-refractivity contribution in [1.82, 2.24) is 9.78 Å². The molecule has 1 aromatic carbocycles. The van der Waals surface area contributed by atoms with E-state index in [4.69, 9.17) is 5.11 Å². The highest BCUT2D eigenvalue weighted by atomic mass is 16.4. The van der Waals surface area contributed by atoms with Gasteiger partial charge in [0.15, 0.2) is 0 Å². The molecule has 0 aliphatic carbocycles. The van der Waals surface area contributed by atoms with E-state index < -0.39 is 5.97 Å². The monoisotopic (exact) mass is 286 g/mol. The maximum absolute atomic E-state index is 10.9. The number of carbonyl (C=O) groups is 1. The number of nitrogens with zero attached hydrogens (tertiary/aromatic N) is 3. The first-order chi connectivity index (χ1) is 9.90. The highest BCUT2D eigenvalue weighted by Gasteiger charge is 2.12. The van der Waals surface area contributed by atoms with Crippen molar-refractivity contribution >= 4 is 17.4 Å². The van der Waals surface area contributed by atoms with Gasteiger partial charge in [0.2, 0.25) is 0 Å². The van der Waals surface area contributed by atoms with E-state index in [9.17, 15) is 4.79 Å². The molecule has 0 saturated heterocycles. The molecule has 0 amide bonds. The lowest BCUT2D eigenvalue weighted by Crippen LogP contribution is -2.04. The Morgan fingerprint density at radius 3 is 2.67 bits per heavy atom. The van der Waals surface area contributed by atoms with E-state index in [-0.39, 0.29) is 5.56 Å². The van der Waals surface area contributed by atoms with Gasteiger partial charge < -0.3 is 5.11 Å². The molecule has 6 nitrogen and oxygen atoms in total. The van der Waals surface area contributed by atoms with Crippen LogP contribution in [0.15, 0.2) is 29.4 Å². The number of aromatic carboxylic acids is 1. The van der Waals surface area contributed by atoms with Gasteiger partial charge in [0.05, 0.1) is 22.7 Å². The Balaban J connectivity index is 2.24. The first kappa shape index (κ1) is 14.8. The number of aryl methyl sites for hydroxylation is 2.